The highest BCUT2D eigenvalue weighted by Crippen LogP contribution is 2.36. The van der Waals surface area contributed by atoms with Gasteiger partial charge in [-0.3, -0.25) is 9.78 Å². The number of nitrogens with zero attached hydrogens (tertiary/aromatic N) is 1. The van der Waals surface area contributed by atoms with Crippen LogP contribution in [0.2, 0.25) is 0 Å². The summed E-state index contributed by atoms with van der Waals surface area (Å²) in [5.74, 6) is 1.34. The number of aryl methyl sites for hydroxylation is 1. The van der Waals surface area contributed by atoms with Crippen molar-refractivity contribution in [2.24, 2.45) is 5.92 Å². The lowest BCUT2D eigenvalue weighted by Crippen LogP contribution is -2.24. The summed E-state index contributed by atoms with van der Waals surface area (Å²) >= 11 is 0. The number of amides is 1. The number of benzene rings is 2. The summed E-state index contributed by atoms with van der Waals surface area (Å²) < 4.78 is 16.0. The number of hydrogen-bond donors (Lipinski definition) is 1. The minimum Gasteiger partial charge on any atom is -0.497 e. The molecule has 1 heterocycles. The SMILES string of the molecule is CCOC(=O)/C(=C/c1cc(-c2ccnc(C(=O)NCc3ccc(OC)cc3OC)c2)ccc1C)CC1CC1. The van der Waals surface area contributed by atoms with Gasteiger partial charge in [0.05, 0.1) is 20.8 Å². The van der Waals surface area contributed by atoms with Gasteiger partial charge in [0, 0.05) is 29.9 Å². The molecule has 0 atom stereocenters. The van der Waals surface area contributed by atoms with E-state index in [4.69, 9.17) is 14.2 Å². The van der Waals surface area contributed by atoms with Crippen molar-refractivity contribution < 1.29 is 23.8 Å². The van der Waals surface area contributed by atoms with E-state index in [1.54, 1.807) is 32.5 Å². The summed E-state index contributed by atoms with van der Waals surface area (Å²) in [5.41, 5.74) is 5.67. The van der Waals surface area contributed by atoms with E-state index in [9.17, 15) is 9.59 Å². The van der Waals surface area contributed by atoms with E-state index in [-0.39, 0.29) is 18.4 Å². The Morgan fingerprint density at radius 1 is 1.03 bits per heavy atom. The Bertz CT molecular complexity index is 1340. The van der Waals surface area contributed by atoms with Gasteiger partial charge in [-0.1, -0.05) is 12.1 Å². The fourth-order valence-corrected chi connectivity index (χ4v) is 4.22. The van der Waals surface area contributed by atoms with Crippen LogP contribution in [0.25, 0.3) is 17.2 Å². The maximum atomic E-state index is 12.9. The summed E-state index contributed by atoms with van der Waals surface area (Å²) in [6, 6.07) is 15.2. The molecule has 0 radical (unpaired) electrons. The molecular formula is C31H34N2O5. The maximum Gasteiger partial charge on any atom is 0.334 e. The van der Waals surface area contributed by atoms with Crippen molar-refractivity contribution in [3.8, 4) is 22.6 Å². The molecule has 1 saturated carbocycles. The molecule has 1 aliphatic carbocycles. The molecule has 7 nitrogen and oxygen atoms in total. The summed E-state index contributed by atoms with van der Waals surface area (Å²) in [4.78, 5) is 29.8. The lowest BCUT2D eigenvalue weighted by Gasteiger charge is -2.12. The maximum absolute atomic E-state index is 12.9. The molecule has 1 fully saturated rings. The molecule has 0 saturated heterocycles. The van der Waals surface area contributed by atoms with Crippen LogP contribution >= 0.6 is 0 Å². The van der Waals surface area contributed by atoms with Gasteiger partial charge in [-0.15, -0.1) is 0 Å². The van der Waals surface area contributed by atoms with Crippen molar-refractivity contribution in [1.29, 1.82) is 0 Å². The van der Waals surface area contributed by atoms with Gasteiger partial charge < -0.3 is 19.5 Å². The van der Waals surface area contributed by atoms with E-state index in [2.05, 4.69) is 10.3 Å². The fourth-order valence-electron chi connectivity index (χ4n) is 4.22. The average molecular weight is 515 g/mol. The average Bonchev–Trinajstić information content (AvgIpc) is 3.76. The zero-order valence-corrected chi connectivity index (χ0v) is 22.4. The molecule has 0 bridgehead atoms. The Labute approximate surface area is 223 Å². The van der Waals surface area contributed by atoms with E-state index >= 15 is 0 Å². The fraction of sp³-hybridized carbons (Fsp3) is 0.323. The van der Waals surface area contributed by atoms with Crippen molar-refractivity contribution >= 4 is 18.0 Å². The molecule has 7 heteroatoms. The number of aromatic nitrogens is 1. The first kappa shape index (κ1) is 26.9. The third-order valence-corrected chi connectivity index (χ3v) is 6.61. The first-order valence-electron chi connectivity index (χ1n) is 12.9. The Kier molecular flexibility index (Phi) is 8.79. The van der Waals surface area contributed by atoms with E-state index in [0.717, 1.165) is 47.1 Å². The first-order chi connectivity index (χ1) is 18.4. The molecule has 1 N–H and O–H groups in total. The van der Waals surface area contributed by atoms with Crippen molar-refractivity contribution in [3.63, 3.8) is 0 Å². The highest BCUT2D eigenvalue weighted by molar-refractivity contribution is 5.95. The zero-order chi connectivity index (χ0) is 27.1. The molecule has 4 rings (SSSR count). The van der Waals surface area contributed by atoms with Crippen LogP contribution < -0.4 is 14.8 Å². The molecule has 2 aromatic carbocycles. The Balaban J connectivity index is 1.54. The van der Waals surface area contributed by atoms with Crippen LogP contribution in [-0.2, 0) is 16.1 Å². The molecule has 0 spiro atoms. The largest absolute Gasteiger partial charge is 0.497 e. The van der Waals surface area contributed by atoms with Gasteiger partial charge in [-0.2, -0.15) is 0 Å². The van der Waals surface area contributed by atoms with Gasteiger partial charge in [0.1, 0.15) is 17.2 Å². The van der Waals surface area contributed by atoms with E-state index < -0.39 is 0 Å². The van der Waals surface area contributed by atoms with Gasteiger partial charge >= 0.3 is 5.97 Å². The lowest BCUT2D eigenvalue weighted by molar-refractivity contribution is -0.138. The van der Waals surface area contributed by atoms with Crippen LogP contribution in [0.1, 0.15) is 53.4 Å². The minimum atomic E-state index is -0.286. The highest BCUT2D eigenvalue weighted by Gasteiger charge is 2.26. The summed E-state index contributed by atoms with van der Waals surface area (Å²) in [6.07, 6.45) is 6.63. The van der Waals surface area contributed by atoms with Gasteiger partial charge in [0.2, 0.25) is 0 Å². The second kappa shape index (κ2) is 12.4. The molecule has 38 heavy (non-hydrogen) atoms. The third kappa shape index (κ3) is 6.79. The monoisotopic (exact) mass is 514 g/mol. The van der Waals surface area contributed by atoms with Crippen molar-refractivity contribution in [3.05, 3.63) is 82.7 Å². The smallest absolute Gasteiger partial charge is 0.334 e. The molecule has 1 amide bonds. The molecule has 0 unspecified atom stereocenters. The Morgan fingerprint density at radius 3 is 2.53 bits per heavy atom. The van der Waals surface area contributed by atoms with Gasteiger partial charge in [-0.25, -0.2) is 4.79 Å². The molecular weight excluding hydrogens is 480 g/mol. The van der Waals surface area contributed by atoms with Crippen molar-refractivity contribution in [2.45, 2.75) is 39.7 Å². The highest BCUT2D eigenvalue weighted by atomic mass is 16.5. The molecule has 198 valence electrons. The lowest BCUT2D eigenvalue weighted by atomic mass is 9.97. The third-order valence-electron chi connectivity index (χ3n) is 6.61. The first-order valence-corrected chi connectivity index (χ1v) is 12.9. The summed E-state index contributed by atoms with van der Waals surface area (Å²) in [6.45, 7) is 4.49. The number of ether oxygens (including phenoxy) is 3. The number of carbonyl (C=O) groups is 2. The van der Waals surface area contributed by atoms with Crippen LogP contribution in [0.4, 0.5) is 0 Å². The van der Waals surface area contributed by atoms with Gasteiger partial charge in [0.25, 0.3) is 5.91 Å². The number of esters is 1. The Morgan fingerprint density at radius 2 is 1.82 bits per heavy atom. The number of methoxy groups -OCH3 is 2. The van der Waals surface area contributed by atoms with Crippen LogP contribution in [-0.4, -0.2) is 37.7 Å². The number of rotatable bonds is 11. The molecule has 0 aliphatic heterocycles. The van der Waals surface area contributed by atoms with Crippen LogP contribution in [0.5, 0.6) is 11.5 Å². The second-order valence-corrected chi connectivity index (χ2v) is 9.40. The summed E-state index contributed by atoms with van der Waals surface area (Å²) in [5, 5.41) is 2.92. The minimum absolute atomic E-state index is 0.249. The van der Waals surface area contributed by atoms with Gasteiger partial charge in [-0.05, 0) is 97.7 Å². The number of carbonyl (C=O) groups excluding carboxylic acids is 2. The quantitative estimate of drug-likeness (QED) is 0.259. The zero-order valence-electron chi connectivity index (χ0n) is 22.4. The van der Waals surface area contributed by atoms with E-state index in [0.29, 0.717) is 35.3 Å². The molecule has 3 aromatic rings. The summed E-state index contributed by atoms with van der Waals surface area (Å²) in [7, 11) is 3.17. The van der Waals surface area contributed by atoms with Gasteiger partial charge in [0.15, 0.2) is 0 Å². The predicted molar refractivity (Wildman–Crippen MR) is 147 cm³/mol. The molecule has 1 aromatic heterocycles. The topological polar surface area (TPSA) is 86.8 Å². The van der Waals surface area contributed by atoms with E-state index in [1.165, 1.54) is 0 Å². The normalized spacial score (nSPS) is 13.1. The second-order valence-electron chi connectivity index (χ2n) is 9.40. The van der Waals surface area contributed by atoms with Crippen molar-refractivity contribution in [1.82, 2.24) is 10.3 Å². The molecule has 1 aliphatic rings. The predicted octanol–water partition coefficient (Wildman–Crippen LogP) is 5.75. The number of pyridine rings is 1. The number of nitrogens with one attached hydrogen (secondary N) is 1. The standard InChI is InChI=1S/C31H34N2O5/c1-5-38-31(35)26(14-21-7-8-21)16-25-15-22(9-6-20(25)2)23-12-13-32-28(17-23)30(34)33-19-24-10-11-27(36-3)18-29(24)37-4/h6,9-13,15-18,21H,5,7-8,14,19H2,1-4H3,(H,33,34)/b26-16+. The van der Waals surface area contributed by atoms with Crippen LogP contribution in [0.15, 0.2) is 60.3 Å². The Hall–Kier alpha value is -4.13. The number of hydrogen-bond acceptors (Lipinski definition) is 6. The van der Waals surface area contributed by atoms with Crippen LogP contribution in [0.3, 0.4) is 0 Å². The van der Waals surface area contributed by atoms with Crippen LogP contribution in [0, 0.1) is 12.8 Å². The van der Waals surface area contributed by atoms with E-state index in [1.807, 2.05) is 56.3 Å². The van der Waals surface area contributed by atoms with Crippen molar-refractivity contribution in [2.75, 3.05) is 20.8 Å².